The number of anilines is 3. The summed E-state index contributed by atoms with van der Waals surface area (Å²) in [5.74, 6) is 0.505. The van der Waals surface area contributed by atoms with Gasteiger partial charge in [-0.3, -0.25) is 0 Å². The van der Waals surface area contributed by atoms with Crippen LogP contribution in [0.1, 0.15) is 5.56 Å². The molecular formula is C12H10ClN5. The second-order valence-corrected chi connectivity index (χ2v) is 3.98. The van der Waals surface area contributed by atoms with Crippen LogP contribution in [-0.4, -0.2) is 17.0 Å². The molecular weight excluding hydrogens is 250 g/mol. The molecule has 0 bridgehead atoms. The third-order valence-electron chi connectivity index (χ3n) is 2.49. The number of hydrogen-bond donors (Lipinski definition) is 1. The number of aromatic nitrogens is 2. The molecule has 0 atom stereocenters. The number of hydrogen-bond acceptors (Lipinski definition) is 5. The first-order valence-corrected chi connectivity index (χ1v) is 5.51. The highest BCUT2D eigenvalue weighted by Crippen LogP contribution is 2.30. The summed E-state index contributed by atoms with van der Waals surface area (Å²) in [6.45, 7) is 0. The molecule has 18 heavy (non-hydrogen) atoms. The number of nitrogens with zero attached hydrogens (tertiary/aromatic N) is 4. The standard InChI is InChI=1S/C12H10ClN5/c1-18(9-4-2-3-8(5-9)6-14)12-10(15)11(13)16-7-17-12/h2-5,7H,15H2,1H3. The molecule has 0 radical (unpaired) electrons. The minimum Gasteiger partial charge on any atom is -0.393 e. The molecule has 1 aromatic carbocycles. The van der Waals surface area contributed by atoms with E-state index in [1.165, 1.54) is 6.33 Å². The maximum Gasteiger partial charge on any atom is 0.161 e. The molecule has 1 aromatic heterocycles. The van der Waals surface area contributed by atoms with Crippen molar-refractivity contribution in [2.24, 2.45) is 0 Å². The smallest absolute Gasteiger partial charge is 0.161 e. The van der Waals surface area contributed by atoms with Crippen LogP contribution in [0.2, 0.25) is 5.15 Å². The Labute approximate surface area is 109 Å². The Bertz CT molecular complexity index is 620. The van der Waals surface area contributed by atoms with E-state index < -0.39 is 0 Å². The minimum absolute atomic E-state index is 0.211. The zero-order chi connectivity index (χ0) is 13.1. The van der Waals surface area contributed by atoms with Crippen LogP contribution in [-0.2, 0) is 0 Å². The van der Waals surface area contributed by atoms with Gasteiger partial charge in [-0.2, -0.15) is 5.26 Å². The summed E-state index contributed by atoms with van der Waals surface area (Å²) in [6.07, 6.45) is 1.35. The summed E-state index contributed by atoms with van der Waals surface area (Å²) in [7, 11) is 1.80. The molecule has 0 aliphatic heterocycles. The summed E-state index contributed by atoms with van der Waals surface area (Å²) in [6, 6.07) is 9.21. The van der Waals surface area contributed by atoms with Crippen LogP contribution >= 0.6 is 11.6 Å². The van der Waals surface area contributed by atoms with E-state index in [0.29, 0.717) is 17.1 Å². The van der Waals surface area contributed by atoms with E-state index in [1.807, 2.05) is 6.07 Å². The lowest BCUT2D eigenvalue weighted by Crippen LogP contribution is -2.14. The first kappa shape index (κ1) is 12.1. The third kappa shape index (κ3) is 2.19. The molecule has 2 N–H and O–H groups in total. The molecule has 2 aromatic rings. The normalized spacial score (nSPS) is 9.83. The van der Waals surface area contributed by atoms with Gasteiger partial charge >= 0.3 is 0 Å². The van der Waals surface area contributed by atoms with Crippen LogP contribution in [0.4, 0.5) is 17.2 Å². The fourth-order valence-electron chi connectivity index (χ4n) is 1.54. The molecule has 90 valence electrons. The Morgan fingerprint density at radius 2 is 2.17 bits per heavy atom. The van der Waals surface area contributed by atoms with Crippen LogP contribution in [0.25, 0.3) is 0 Å². The number of halogens is 1. The van der Waals surface area contributed by atoms with Gasteiger partial charge in [0.2, 0.25) is 0 Å². The second kappa shape index (κ2) is 4.90. The predicted octanol–water partition coefficient (Wildman–Crippen LogP) is 2.35. The number of nitrogens with two attached hydrogens (primary N) is 1. The quantitative estimate of drug-likeness (QED) is 0.838. The Morgan fingerprint density at radius 1 is 1.39 bits per heavy atom. The maximum absolute atomic E-state index is 8.87. The minimum atomic E-state index is 0.211. The van der Waals surface area contributed by atoms with Crippen molar-refractivity contribution in [2.45, 2.75) is 0 Å². The van der Waals surface area contributed by atoms with Crippen LogP contribution in [0.3, 0.4) is 0 Å². The van der Waals surface area contributed by atoms with Crippen molar-refractivity contribution in [1.29, 1.82) is 5.26 Å². The van der Waals surface area contributed by atoms with Gasteiger partial charge < -0.3 is 10.6 Å². The molecule has 5 nitrogen and oxygen atoms in total. The number of benzene rings is 1. The summed E-state index contributed by atoms with van der Waals surface area (Å²) in [5.41, 5.74) is 7.51. The van der Waals surface area contributed by atoms with Crippen LogP contribution < -0.4 is 10.6 Å². The summed E-state index contributed by atoms with van der Waals surface area (Å²) in [5, 5.41) is 9.08. The average Bonchev–Trinajstić information content (AvgIpc) is 2.41. The number of rotatable bonds is 2. The molecule has 0 saturated heterocycles. The van der Waals surface area contributed by atoms with Gasteiger partial charge in [-0.1, -0.05) is 17.7 Å². The molecule has 0 spiro atoms. The largest absolute Gasteiger partial charge is 0.393 e. The van der Waals surface area contributed by atoms with Gasteiger partial charge in [0, 0.05) is 12.7 Å². The highest BCUT2D eigenvalue weighted by Gasteiger charge is 2.12. The lowest BCUT2D eigenvalue weighted by molar-refractivity contribution is 1.08. The fourth-order valence-corrected chi connectivity index (χ4v) is 1.67. The lowest BCUT2D eigenvalue weighted by Gasteiger charge is -2.20. The van der Waals surface area contributed by atoms with Crippen molar-refractivity contribution in [2.75, 3.05) is 17.7 Å². The van der Waals surface area contributed by atoms with Gasteiger partial charge in [-0.25, -0.2) is 9.97 Å². The van der Waals surface area contributed by atoms with E-state index in [1.54, 1.807) is 30.1 Å². The van der Waals surface area contributed by atoms with Crippen molar-refractivity contribution in [3.8, 4) is 6.07 Å². The molecule has 0 saturated carbocycles. The zero-order valence-corrected chi connectivity index (χ0v) is 10.4. The van der Waals surface area contributed by atoms with Crippen LogP contribution in [0.5, 0.6) is 0 Å². The van der Waals surface area contributed by atoms with E-state index in [9.17, 15) is 0 Å². The van der Waals surface area contributed by atoms with Gasteiger partial charge in [0.05, 0.1) is 11.6 Å². The molecule has 2 rings (SSSR count). The van der Waals surface area contributed by atoms with E-state index in [-0.39, 0.29) is 5.15 Å². The Kier molecular flexibility index (Phi) is 3.31. The average molecular weight is 260 g/mol. The highest BCUT2D eigenvalue weighted by molar-refractivity contribution is 6.32. The zero-order valence-electron chi connectivity index (χ0n) is 9.63. The number of nitrogen functional groups attached to an aromatic ring is 1. The van der Waals surface area contributed by atoms with Crippen LogP contribution in [0, 0.1) is 11.3 Å². The molecule has 6 heteroatoms. The highest BCUT2D eigenvalue weighted by atomic mass is 35.5. The molecule has 0 fully saturated rings. The molecule has 0 unspecified atom stereocenters. The maximum atomic E-state index is 8.87. The van der Waals surface area contributed by atoms with Crippen LogP contribution in [0.15, 0.2) is 30.6 Å². The van der Waals surface area contributed by atoms with Gasteiger partial charge in [-0.05, 0) is 18.2 Å². The monoisotopic (exact) mass is 259 g/mol. The first-order valence-electron chi connectivity index (χ1n) is 5.13. The van der Waals surface area contributed by atoms with Crippen molar-refractivity contribution in [3.05, 3.63) is 41.3 Å². The van der Waals surface area contributed by atoms with Gasteiger partial charge in [0.25, 0.3) is 0 Å². The SMILES string of the molecule is CN(c1cccc(C#N)c1)c1ncnc(Cl)c1N. The summed E-state index contributed by atoms with van der Waals surface area (Å²) >= 11 is 5.85. The van der Waals surface area contributed by atoms with E-state index in [0.717, 1.165) is 5.69 Å². The summed E-state index contributed by atoms with van der Waals surface area (Å²) in [4.78, 5) is 9.65. The van der Waals surface area contributed by atoms with E-state index >= 15 is 0 Å². The van der Waals surface area contributed by atoms with Crippen molar-refractivity contribution in [3.63, 3.8) is 0 Å². The second-order valence-electron chi connectivity index (χ2n) is 3.62. The Balaban J connectivity index is 2.45. The van der Waals surface area contributed by atoms with Crippen molar-refractivity contribution >= 4 is 28.8 Å². The van der Waals surface area contributed by atoms with Gasteiger partial charge in [-0.15, -0.1) is 0 Å². The Hall–Kier alpha value is -2.32. The Morgan fingerprint density at radius 3 is 2.89 bits per heavy atom. The third-order valence-corrected chi connectivity index (χ3v) is 2.80. The molecule has 0 aliphatic carbocycles. The fraction of sp³-hybridized carbons (Fsp3) is 0.0833. The summed E-state index contributed by atoms with van der Waals surface area (Å²) < 4.78 is 0. The topological polar surface area (TPSA) is 78.8 Å². The molecule has 1 heterocycles. The van der Waals surface area contributed by atoms with E-state index in [4.69, 9.17) is 22.6 Å². The predicted molar refractivity (Wildman–Crippen MR) is 70.7 cm³/mol. The van der Waals surface area contributed by atoms with Gasteiger partial charge in [0.1, 0.15) is 12.0 Å². The van der Waals surface area contributed by atoms with Crippen molar-refractivity contribution in [1.82, 2.24) is 9.97 Å². The van der Waals surface area contributed by atoms with Crippen molar-refractivity contribution < 1.29 is 0 Å². The number of nitriles is 1. The van der Waals surface area contributed by atoms with Gasteiger partial charge in [0.15, 0.2) is 11.0 Å². The molecule has 0 aliphatic rings. The van der Waals surface area contributed by atoms with E-state index in [2.05, 4.69) is 16.0 Å². The lowest BCUT2D eigenvalue weighted by atomic mass is 10.2. The first-order chi connectivity index (χ1) is 8.63. The molecule has 0 amide bonds.